The summed E-state index contributed by atoms with van der Waals surface area (Å²) in [6.45, 7) is 1.88. The fourth-order valence-corrected chi connectivity index (χ4v) is 4.09. The summed E-state index contributed by atoms with van der Waals surface area (Å²) >= 11 is 0. The lowest BCUT2D eigenvalue weighted by molar-refractivity contribution is 0.0734. The number of hydrogen-bond donors (Lipinski definition) is 1. The topological polar surface area (TPSA) is 70.7 Å². The molecule has 0 spiro atoms. The van der Waals surface area contributed by atoms with Crippen molar-refractivity contribution in [3.63, 3.8) is 0 Å². The summed E-state index contributed by atoms with van der Waals surface area (Å²) in [6, 6.07) is 10.3. The van der Waals surface area contributed by atoms with Crippen LogP contribution in [0.25, 0.3) is 0 Å². The molecule has 2 fully saturated rings. The van der Waals surface area contributed by atoms with Crippen molar-refractivity contribution in [3.05, 3.63) is 41.7 Å². The third kappa shape index (κ3) is 3.64. The number of para-hydroxylation sites is 2. The Labute approximate surface area is 159 Å². The summed E-state index contributed by atoms with van der Waals surface area (Å²) in [4.78, 5) is 17.3. The average Bonchev–Trinajstić information content (AvgIpc) is 3.24. The fraction of sp³-hybridized carbons (Fsp3) is 0.500. The van der Waals surface area contributed by atoms with Gasteiger partial charge in [-0.25, -0.2) is 0 Å². The normalized spacial score (nSPS) is 22.5. The predicted molar refractivity (Wildman–Crippen MR) is 101 cm³/mol. The molecule has 2 aliphatic heterocycles. The summed E-state index contributed by atoms with van der Waals surface area (Å²) in [5, 5.41) is 7.13. The van der Waals surface area contributed by atoms with Gasteiger partial charge in [0.2, 0.25) is 0 Å². The first-order valence-corrected chi connectivity index (χ1v) is 9.47. The lowest BCUT2D eigenvalue weighted by Gasteiger charge is -2.25. The van der Waals surface area contributed by atoms with Crippen LogP contribution in [0.5, 0.6) is 11.5 Å². The van der Waals surface area contributed by atoms with Gasteiger partial charge in [0.25, 0.3) is 5.91 Å². The molecule has 144 valence electrons. The van der Waals surface area contributed by atoms with Crippen molar-refractivity contribution >= 4 is 5.91 Å². The van der Waals surface area contributed by atoms with Crippen LogP contribution in [0.2, 0.25) is 0 Å². The number of rotatable bonds is 5. The van der Waals surface area contributed by atoms with E-state index in [0.717, 1.165) is 25.2 Å². The summed E-state index contributed by atoms with van der Waals surface area (Å²) in [5.74, 6) is 1.34. The molecule has 7 nitrogen and oxygen atoms in total. The maximum Gasteiger partial charge on any atom is 0.274 e. The van der Waals surface area contributed by atoms with Gasteiger partial charge >= 0.3 is 0 Å². The highest BCUT2D eigenvalue weighted by Crippen LogP contribution is 2.29. The van der Waals surface area contributed by atoms with Crippen molar-refractivity contribution in [2.75, 3.05) is 27.2 Å². The Hall–Kier alpha value is -2.54. The van der Waals surface area contributed by atoms with E-state index in [0.29, 0.717) is 35.9 Å². The van der Waals surface area contributed by atoms with Gasteiger partial charge in [-0.1, -0.05) is 12.1 Å². The van der Waals surface area contributed by atoms with Gasteiger partial charge in [0.05, 0.1) is 12.8 Å². The molecule has 2 aromatic rings. The number of ether oxygens (including phenoxy) is 2. The lowest BCUT2D eigenvalue weighted by atomic mass is 10.1. The molecule has 2 atom stereocenters. The highest BCUT2D eigenvalue weighted by molar-refractivity contribution is 5.92. The fourth-order valence-electron chi connectivity index (χ4n) is 4.09. The van der Waals surface area contributed by atoms with E-state index in [2.05, 4.69) is 22.1 Å². The molecule has 2 aliphatic rings. The number of likely N-dealkylation sites (N-methyl/N-ethyl adjacent to an activating group) is 1. The number of aromatic nitrogens is 2. The van der Waals surface area contributed by atoms with E-state index in [4.69, 9.17) is 9.47 Å². The molecule has 1 aromatic heterocycles. The first kappa shape index (κ1) is 17.9. The van der Waals surface area contributed by atoms with E-state index in [9.17, 15) is 4.79 Å². The summed E-state index contributed by atoms with van der Waals surface area (Å²) in [5.41, 5.74) is 1.21. The second kappa shape index (κ2) is 7.60. The van der Waals surface area contributed by atoms with Crippen LogP contribution in [0.4, 0.5) is 0 Å². The van der Waals surface area contributed by atoms with Gasteiger partial charge in [0, 0.05) is 25.2 Å². The number of benzene rings is 1. The third-order valence-electron chi connectivity index (χ3n) is 5.74. The zero-order chi connectivity index (χ0) is 18.8. The quantitative estimate of drug-likeness (QED) is 0.875. The molecule has 4 rings (SSSR count). The molecule has 1 N–H and O–H groups in total. The van der Waals surface area contributed by atoms with Gasteiger partial charge in [0.1, 0.15) is 6.61 Å². The summed E-state index contributed by atoms with van der Waals surface area (Å²) in [7, 11) is 3.79. The minimum Gasteiger partial charge on any atom is -0.493 e. The first-order chi connectivity index (χ1) is 13.2. The van der Waals surface area contributed by atoms with Gasteiger partial charge in [0.15, 0.2) is 17.2 Å². The maximum atomic E-state index is 12.9. The number of amides is 1. The average molecular weight is 370 g/mol. The third-order valence-corrected chi connectivity index (χ3v) is 5.74. The number of likely N-dealkylation sites (tertiary alicyclic amines) is 1. The number of nitrogens with one attached hydrogen (secondary N) is 1. The minimum absolute atomic E-state index is 0.00394. The first-order valence-electron chi connectivity index (χ1n) is 9.47. The highest BCUT2D eigenvalue weighted by Gasteiger charge is 2.36. The zero-order valence-corrected chi connectivity index (χ0v) is 15.9. The van der Waals surface area contributed by atoms with Crippen LogP contribution in [0.15, 0.2) is 30.3 Å². The number of methoxy groups -OCH3 is 1. The second-order valence-electron chi connectivity index (χ2n) is 7.31. The Bertz CT molecular complexity index is 806. The molecule has 0 unspecified atom stereocenters. The molecule has 2 bridgehead atoms. The smallest absolute Gasteiger partial charge is 0.274 e. The SMILES string of the molecule is COc1ccccc1OCc1cc(C(=O)N2CC[C@@H]3CC[C@H](C2)N3C)n[nH]1. The number of nitrogens with zero attached hydrogens (tertiary/aromatic N) is 3. The number of H-pyrrole nitrogens is 1. The lowest BCUT2D eigenvalue weighted by Crippen LogP contribution is -2.39. The number of carbonyl (C=O) groups excluding carboxylic acids is 1. The van der Waals surface area contributed by atoms with E-state index >= 15 is 0 Å². The molecule has 27 heavy (non-hydrogen) atoms. The monoisotopic (exact) mass is 370 g/mol. The van der Waals surface area contributed by atoms with Crippen LogP contribution in [0.3, 0.4) is 0 Å². The minimum atomic E-state index is -0.00394. The Kier molecular flexibility index (Phi) is 5.03. The summed E-state index contributed by atoms with van der Waals surface area (Å²) < 4.78 is 11.1. The molecule has 1 amide bonds. The number of carbonyl (C=O) groups is 1. The van der Waals surface area contributed by atoms with Crippen LogP contribution >= 0.6 is 0 Å². The van der Waals surface area contributed by atoms with Crippen molar-refractivity contribution in [2.45, 2.75) is 38.0 Å². The Morgan fingerprint density at radius 3 is 2.81 bits per heavy atom. The maximum absolute atomic E-state index is 12.9. The van der Waals surface area contributed by atoms with Crippen molar-refractivity contribution < 1.29 is 14.3 Å². The standard InChI is InChI=1S/C20H26N4O3/c1-23-15-7-8-16(23)12-24(10-9-15)20(25)17-11-14(21-22-17)13-27-19-6-4-3-5-18(19)26-2/h3-6,11,15-16H,7-10,12-13H2,1-2H3,(H,21,22)/t15-,16+/m0/s1. The van der Waals surface area contributed by atoms with Crippen LogP contribution in [0.1, 0.15) is 35.4 Å². The van der Waals surface area contributed by atoms with Crippen LogP contribution in [-0.4, -0.2) is 65.2 Å². The van der Waals surface area contributed by atoms with Gasteiger partial charge in [-0.3, -0.25) is 14.8 Å². The van der Waals surface area contributed by atoms with Gasteiger partial charge < -0.3 is 14.4 Å². The Morgan fingerprint density at radius 1 is 1.22 bits per heavy atom. The predicted octanol–water partition coefficient (Wildman–Crippen LogP) is 2.31. The van der Waals surface area contributed by atoms with Gasteiger partial charge in [-0.15, -0.1) is 0 Å². The van der Waals surface area contributed by atoms with E-state index in [-0.39, 0.29) is 5.91 Å². The molecular weight excluding hydrogens is 344 g/mol. The highest BCUT2D eigenvalue weighted by atomic mass is 16.5. The molecule has 1 aromatic carbocycles. The Morgan fingerprint density at radius 2 is 2.00 bits per heavy atom. The summed E-state index contributed by atoms with van der Waals surface area (Å²) in [6.07, 6.45) is 3.45. The van der Waals surface area contributed by atoms with Crippen molar-refractivity contribution in [2.24, 2.45) is 0 Å². The number of fused-ring (bicyclic) bond motifs is 2. The molecule has 0 aliphatic carbocycles. The van der Waals surface area contributed by atoms with E-state index in [1.54, 1.807) is 13.2 Å². The van der Waals surface area contributed by atoms with Crippen LogP contribution < -0.4 is 9.47 Å². The number of aromatic amines is 1. The molecular formula is C20H26N4O3. The molecule has 7 heteroatoms. The molecule has 2 saturated heterocycles. The van der Waals surface area contributed by atoms with E-state index < -0.39 is 0 Å². The van der Waals surface area contributed by atoms with Crippen molar-refractivity contribution in [1.29, 1.82) is 0 Å². The molecule has 0 saturated carbocycles. The largest absolute Gasteiger partial charge is 0.493 e. The Balaban J connectivity index is 1.39. The van der Waals surface area contributed by atoms with Gasteiger partial charge in [-0.2, -0.15) is 5.10 Å². The van der Waals surface area contributed by atoms with Crippen LogP contribution in [-0.2, 0) is 6.61 Å². The van der Waals surface area contributed by atoms with Gasteiger partial charge in [-0.05, 0) is 44.5 Å². The van der Waals surface area contributed by atoms with Crippen molar-refractivity contribution in [3.8, 4) is 11.5 Å². The zero-order valence-electron chi connectivity index (χ0n) is 15.9. The van der Waals surface area contributed by atoms with Crippen LogP contribution in [0, 0.1) is 0 Å². The second-order valence-corrected chi connectivity index (χ2v) is 7.31. The van der Waals surface area contributed by atoms with E-state index in [1.807, 2.05) is 29.2 Å². The van der Waals surface area contributed by atoms with Crippen molar-refractivity contribution in [1.82, 2.24) is 20.0 Å². The van der Waals surface area contributed by atoms with E-state index in [1.165, 1.54) is 12.8 Å². The molecule has 3 heterocycles. The number of hydrogen-bond acceptors (Lipinski definition) is 5. The molecule has 0 radical (unpaired) electrons.